The number of rotatable bonds is 3. The van der Waals surface area contributed by atoms with Crippen LogP contribution in [0.1, 0.15) is 18.4 Å². The second-order valence-electron chi connectivity index (χ2n) is 7.40. The first-order valence-electron chi connectivity index (χ1n) is 9.26. The summed E-state index contributed by atoms with van der Waals surface area (Å²) in [6, 6.07) is 8.44. The Morgan fingerprint density at radius 1 is 1.12 bits per heavy atom. The Balaban J connectivity index is 1.33. The van der Waals surface area contributed by atoms with Crippen molar-refractivity contribution in [2.24, 2.45) is 5.41 Å². The van der Waals surface area contributed by atoms with Crippen molar-refractivity contribution in [2.45, 2.75) is 19.4 Å². The Morgan fingerprint density at radius 3 is 2.72 bits per heavy atom. The van der Waals surface area contributed by atoms with Crippen LogP contribution in [0.3, 0.4) is 0 Å². The number of ether oxygens (including phenoxy) is 2. The summed E-state index contributed by atoms with van der Waals surface area (Å²) in [5, 5.41) is 3.08. The average molecular weight is 345 g/mol. The molecule has 25 heavy (non-hydrogen) atoms. The topological polar surface area (TPSA) is 54.0 Å². The quantitative estimate of drug-likeness (QED) is 0.908. The van der Waals surface area contributed by atoms with Crippen molar-refractivity contribution in [1.82, 2.24) is 10.2 Å². The predicted octanol–water partition coefficient (Wildman–Crippen LogP) is 1.85. The minimum atomic E-state index is 0.0218. The number of hydrogen-bond donors (Lipinski definition) is 1. The van der Waals surface area contributed by atoms with E-state index < -0.39 is 0 Å². The zero-order valence-electron chi connectivity index (χ0n) is 14.7. The Kier molecular flexibility index (Phi) is 4.81. The number of morpholine rings is 1. The number of benzene rings is 1. The molecule has 136 valence electrons. The molecular formula is C19H27N3O3. The second-order valence-corrected chi connectivity index (χ2v) is 7.40. The summed E-state index contributed by atoms with van der Waals surface area (Å²) >= 11 is 0. The molecule has 1 aromatic carbocycles. The molecule has 1 aromatic rings. The van der Waals surface area contributed by atoms with Gasteiger partial charge in [-0.25, -0.2) is 4.79 Å². The zero-order valence-corrected chi connectivity index (χ0v) is 14.7. The van der Waals surface area contributed by atoms with Crippen molar-refractivity contribution in [1.29, 1.82) is 0 Å². The van der Waals surface area contributed by atoms with E-state index in [1.54, 1.807) is 0 Å². The van der Waals surface area contributed by atoms with Crippen LogP contribution in [-0.2, 0) is 16.0 Å². The molecule has 0 atom stereocenters. The van der Waals surface area contributed by atoms with Crippen LogP contribution in [0, 0.1) is 5.41 Å². The van der Waals surface area contributed by atoms with E-state index >= 15 is 0 Å². The lowest BCUT2D eigenvalue weighted by molar-refractivity contribution is 0.115. The molecular weight excluding hydrogens is 318 g/mol. The maximum absolute atomic E-state index is 12.6. The van der Waals surface area contributed by atoms with Gasteiger partial charge in [0.15, 0.2) is 0 Å². The predicted molar refractivity (Wildman–Crippen MR) is 95.8 cm³/mol. The average Bonchev–Trinajstić information content (AvgIpc) is 3.46. The van der Waals surface area contributed by atoms with E-state index in [1.165, 1.54) is 18.5 Å². The summed E-state index contributed by atoms with van der Waals surface area (Å²) in [7, 11) is 0. The van der Waals surface area contributed by atoms with Gasteiger partial charge in [-0.2, -0.15) is 0 Å². The van der Waals surface area contributed by atoms with Crippen LogP contribution in [0.15, 0.2) is 24.3 Å². The van der Waals surface area contributed by atoms with Crippen LogP contribution >= 0.6 is 0 Å². The molecule has 2 amide bonds. The molecule has 0 unspecified atom stereocenters. The van der Waals surface area contributed by atoms with Gasteiger partial charge < -0.3 is 24.6 Å². The molecule has 1 N–H and O–H groups in total. The molecule has 3 fully saturated rings. The summed E-state index contributed by atoms with van der Waals surface area (Å²) in [6.07, 6.45) is 2.36. The number of anilines is 1. The van der Waals surface area contributed by atoms with Gasteiger partial charge >= 0.3 is 6.03 Å². The SMILES string of the molecule is O=C(NCc1cccc(N2CCOCC2)c1)N1CCOCC2(CC2)C1. The van der Waals surface area contributed by atoms with E-state index in [0.29, 0.717) is 19.7 Å². The van der Waals surface area contributed by atoms with Crippen molar-refractivity contribution in [3.63, 3.8) is 0 Å². The van der Waals surface area contributed by atoms with E-state index in [-0.39, 0.29) is 11.4 Å². The lowest BCUT2D eigenvalue weighted by atomic mass is 10.1. The van der Waals surface area contributed by atoms with Gasteiger partial charge in [-0.15, -0.1) is 0 Å². The molecule has 1 saturated carbocycles. The number of nitrogens with zero attached hydrogens (tertiary/aromatic N) is 2. The highest BCUT2D eigenvalue weighted by Crippen LogP contribution is 2.47. The summed E-state index contributed by atoms with van der Waals surface area (Å²) in [4.78, 5) is 16.8. The van der Waals surface area contributed by atoms with E-state index in [0.717, 1.165) is 45.0 Å². The fourth-order valence-electron chi connectivity index (χ4n) is 3.62. The van der Waals surface area contributed by atoms with Gasteiger partial charge in [0.05, 0.1) is 26.4 Å². The molecule has 2 saturated heterocycles. The first-order valence-corrected chi connectivity index (χ1v) is 9.26. The van der Waals surface area contributed by atoms with Gasteiger partial charge in [-0.1, -0.05) is 12.1 Å². The number of carbonyl (C=O) groups excluding carboxylic acids is 1. The number of hydrogen-bond acceptors (Lipinski definition) is 4. The fourth-order valence-corrected chi connectivity index (χ4v) is 3.62. The molecule has 0 radical (unpaired) electrons. The first kappa shape index (κ1) is 16.7. The molecule has 4 rings (SSSR count). The minimum absolute atomic E-state index is 0.0218. The monoisotopic (exact) mass is 345 g/mol. The molecule has 6 nitrogen and oxygen atoms in total. The van der Waals surface area contributed by atoms with Gasteiger partial charge in [0.2, 0.25) is 0 Å². The highest BCUT2D eigenvalue weighted by molar-refractivity contribution is 5.74. The molecule has 6 heteroatoms. The van der Waals surface area contributed by atoms with E-state index in [4.69, 9.17) is 9.47 Å². The second kappa shape index (κ2) is 7.22. The molecule has 3 aliphatic rings. The van der Waals surface area contributed by atoms with Crippen LogP contribution in [0.5, 0.6) is 0 Å². The molecule has 2 heterocycles. The molecule has 0 aromatic heterocycles. The van der Waals surface area contributed by atoms with Crippen molar-refractivity contribution in [2.75, 3.05) is 57.5 Å². The van der Waals surface area contributed by atoms with Crippen molar-refractivity contribution >= 4 is 11.7 Å². The molecule has 1 spiro atoms. The van der Waals surface area contributed by atoms with Crippen LogP contribution in [-0.4, -0.2) is 63.5 Å². The van der Waals surface area contributed by atoms with E-state index in [9.17, 15) is 4.79 Å². The number of amides is 2. The third-order valence-electron chi connectivity index (χ3n) is 5.41. The van der Waals surface area contributed by atoms with Crippen LogP contribution in [0.4, 0.5) is 10.5 Å². The van der Waals surface area contributed by atoms with Gasteiger partial charge in [-0.05, 0) is 30.5 Å². The number of carbonyl (C=O) groups is 1. The summed E-state index contributed by atoms with van der Waals surface area (Å²) in [5.41, 5.74) is 2.57. The summed E-state index contributed by atoms with van der Waals surface area (Å²) in [5.74, 6) is 0. The highest BCUT2D eigenvalue weighted by Gasteiger charge is 2.46. The van der Waals surface area contributed by atoms with Crippen molar-refractivity contribution in [3.8, 4) is 0 Å². The highest BCUT2D eigenvalue weighted by atomic mass is 16.5. The Labute approximate surface area is 149 Å². The lowest BCUT2D eigenvalue weighted by Gasteiger charge is -2.29. The third kappa shape index (κ3) is 4.07. The molecule has 2 aliphatic heterocycles. The van der Waals surface area contributed by atoms with Crippen molar-refractivity contribution in [3.05, 3.63) is 29.8 Å². The molecule has 1 aliphatic carbocycles. The lowest BCUT2D eigenvalue weighted by Crippen LogP contribution is -2.43. The molecule has 0 bridgehead atoms. The van der Waals surface area contributed by atoms with Crippen LogP contribution < -0.4 is 10.2 Å². The Morgan fingerprint density at radius 2 is 1.92 bits per heavy atom. The number of nitrogens with one attached hydrogen (secondary N) is 1. The first-order chi connectivity index (χ1) is 12.2. The number of urea groups is 1. The largest absolute Gasteiger partial charge is 0.379 e. The van der Waals surface area contributed by atoms with Gasteiger partial charge in [0.1, 0.15) is 0 Å². The zero-order chi connectivity index (χ0) is 17.1. The maximum atomic E-state index is 12.6. The van der Waals surface area contributed by atoms with Crippen LogP contribution in [0.2, 0.25) is 0 Å². The Bertz CT molecular complexity index is 612. The standard InChI is InChI=1S/C19H27N3O3/c23-18(22-8-11-25-15-19(14-22)4-5-19)20-13-16-2-1-3-17(12-16)21-6-9-24-10-7-21/h1-3,12H,4-11,13-15H2,(H,20,23). The van der Waals surface area contributed by atoms with Gasteiger partial charge in [0, 0.05) is 43.8 Å². The fraction of sp³-hybridized carbons (Fsp3) is 0.632. The third-order valence-corrected chi connectivity index (χ3v) is 5.41. The van der Waals surface area contributed by atoms with E-state index in [2.05, 4.69) is 34.5 Å². The van der Waals surface area contributed by atoms with Crippen molar-refractivity contribution < 1.29 is 14.3 Å². The Hall–Kier alpha value is -1.79. The normalized spacial score (nSPS) is 22.6. The van der Waals surface area contributed by atoms with Gasteiger partial charge in [-0.3, -0.25) is 0 Å². The van der Waals surface area contributed by atoms with Gasteiger partial charge in [0.25, 0.3) is 0 Å². The summed E-state index contributed by atoms with van der Waals surface area (Å²) < 4.78 is 11.1. The summed E-state index contributed by atoms with van der Waals surface area (Å²) in [6.45, 7) is 6.91. The van der Waals surface area contributed by atoms with Crippen LogP contribution in [0.25, 0.3) is 0 Å². The minimum Gasteiger partial charge on any atom is -0.379 e. The van der Waals surface area contributed by atoms with E-state index in [1.807, 2.05) is 4.90 Å². The smallest absolute Gasteiger partial charge is 0.317 e. The maximum Gasteiger partial charge on any atom is 0.317 e.